The van der Waals surface area contributed by atoms with Crippen LogP contribution in [0, 0.1) is 25.2 Å². The van der Waals surface area contributed by atoms with Crippen LogP contribution < -0.4 is 5.56 Å². The summed E-state index contributed by atoms with van der Waals surface area (Å²) in [4.78, 5) is 40.0. The lowest BCUT2D eigenvalue weighted by molar-refractivity contribution is -0.131. The van der Waals surface area contributed by atoms with Crippen LogP contribution >= 0.6 is 11.3 Å². The molecule has 0 aromatic carbocycles. The fourth-order valence-electron chi connectivity index (χ4n) is 2.97. The molecule has 144 valence electrons. The zero-order chi connectivity index (χ0) is 20.1. The highest BCUT2D eigenvalue weighted by atomic mass is 32.1. The van der Waals surface area contributed by atoms with Gasteiger partial charge in [-0.2, -0.15) is 5.26 Å². The van der Waals surface area contributed by atoms with E-state index >= 15 is 0 Å². The van der Waals surface area contributed by atoms with Gasteiger partial charge in [0.2, 0.25) is 5.91 Å². The number of pyridine rings is 1. The summed E-state index contributed by atoms with van der Waals surface area (Å²) in [5.41, 5.74) is 1.56. The van der Waals surface area contributed by atoms with E-state index in [0.717, 1.165) is 16.1 Å². The van der Waals surface area contributed by atoms with Crippen LogP contribution in [0.4, 0.5) is 0 Å². The molecule has 0 fully saturated rings. The summed E-state index contributed by atoms with van der Waals surface area (Å²) in [5, 5.41) is 9.50. The number of carbonyl (C=O) groups is 1. The van der Waals surface area contributed by atoms with Crippen molar-refractivity contribution in [3.05, 3.63) is 56.7 Å². The van der Waals surface area contributed by atoms with Gasteiger partial charge in [0.05, 0.1) is 30.1 Å². The van der Waals surface area contributed by atoms with Crippen molar-refractivity contribution < 1.29 is 4.79 Å². The average molecular weight is 395 g/mol. The Hall–Kier alpha value is -3.05. The van der Waals surface area contributed by atoms with Crippen molar-refractivity contribution in [2.75, 3.05) is 6.54 Å². The Bertz CT molecular complexity index is 1080. The second-order valence-electron chi connectivity index (χ2n) is 6.52. The Balaban J connectivity index is 1.72. The van der Waals surface area contributed by atoms with Gasteiger partial charge in [0.25, 0.3) is 5.56 Å². The second-order valence-corrected chi connectivity index (χ2v) is 7.72. The topological polar surface area (TPSA) is 103 Å². The van der Waals surface area contributed by atoms with E-state index in [2.05, 4.69) is 21.0 Å². The number of aromatic nitrogens is 3. The van der Waals surface area contributed by atoms with E-state index in [4.69, 9.17) is 5.26 Å². The lowest BCUT2D eigenvalue weighted by Crippen LogP contribution is -2.32. The SMILES string of the molecule is Cc1sc2nc(CCC(=O)N(CCC#N)Cc3ccccn3)[nH]c(=O)c2c1C. The first-order valence-corrected chi connectivity index (χ1v) is 9.84. The molecule has 3 aromatic heterocycles. The van der Waals surface area contributed by atoms with E-state index in [0.29, 0.717) is 35.6 Å². The summed E-state index contributed by atoms with van der Waals surface area (Å²) in [7, 11) is 0. The average Bonchev–Trinajstić information content (AvgIpc) is 2.98. The Morgan fingerprint density at radius 2 is 2.18 bits per heavy atom. The molecule has 0 saturated heterocycles. The van der Waals surface area contributed by atoms with Gasteiger partial charge < -0.3 is 9.88 Å². The summed E-state index contributed by atoms with van der Waals surface area (Å²) in [6, 6.07) is 7.61. The number of rotatable bonds is 7. The van der Waals surface area contributed by atoms with Crippen molar-refractivity contribution in [1.82, 2.24) is 19.9 Å². The molecule has 0 saturated carbocycles. The van der Waals surface area contributed by atoms with Gasteiger partial charge in [0, 0.05) is 30.5 Å². The Morgan fingerprint density at radius 1 is 1.36 bits per heavy atom. The molecule has 0 spiro atoms. The molecule has 0 aliphatic rings. The predicted octanol–water partition coefficient (Wildman–Crippen LogP) is 2.87. The predicted molar refractivity (Wildman–Crippen MR) is 108 cm³/mol. The molecule has 3 heterocycles. The number of aromatic amines is 1. The van der Waals surface area contributed by atoms with E-state index < -0.39 is 0 Å². The van der Waals surface area contributed by atoms with Gasteiger partial charge in [-0.05, 0) is 31.5 Å². The van der Waals surface area contributed by atoms with Crippen LogP contribution in [-0.4, -0.2) is 32.3 Å². The van der Waals surface area contributed by atoms with Crippen molar-refractivity contribution in [2.24, 2.45) is 0 Å². The number of thiophene rings is 1. The fourth-order valence-corrected chi connectivity index (χ4v) is 4.01. The highest BCUT2D eigenvalue weighted by Crippen LogP contribution is 2.25. The molecule has 0 aliphatic heterocycles. The number of carbonyl (C=O) groups excluding carboxylic acids is 1. The first-order chi connectivity index (χ1) is 13.5. The summed E-state index contributed by atoms with van der Waals surface area (Å²) in [5.74, 6) is 0.410. The van der Waals surface area contributed by atoms with Gasteiger partial charge in [-0.3, -0.25) is 14.6 Å². The molecule has 1 N–H and O–H groups in total. The van der Waals surface area contributed by atoms with E-state index in [-0.39, 0.29) is 24.3 Å². The van der Waals surface area contributed by atoms with E-state index in [9.17, 15) is 9.59 Å². The third-order valence-electron chi connectivity index (χ3n) is 4.59. The molecule has 28 heavy (non-hydrogen) atoms. The number of amides is 1. The Labute approximate surface area is 166 Å². The Morgan fingerprint density at radius 3 is 2.89 bits per heavy atom. The number of nitrogens with one attached hydrogen (secondary N) is 1. The minimum atomic E-state index is -0.163. The summed E-state index contributed by atoms with van der Waals surface area (Å²) < 4.78 is 0. The number of H-pyrrole nitrogens is 1. The monoisotopic (exact) mass is 395 g/mol. The Kier molecular flexibility index (Phi) is 6.16. The summed E-state index contributed by atoms with van der Waals surface area (Å²) >= 11 is 1.49. The maximum Gasteiger partial charge on any atom is 0.259 e. The maximum atomic E-state index is 12.7. The van der Waals surface area contributed by atoms with Crippen LogP contribution in [0.3, 0.4) is 0 Å². The molecule has 0 unspecified atom stereocenters. The van der Waals surface area contributed by atoms with Crippen LogP contribution in [0.2, 0.25) is 0 Å². The normalized spacial score (nSPS) is 10.8. The minimum Gasteiger partial charge on any atom is -0.336 e. The fraction of sp³-hybridized carbons (Fsp3) is 0.350. The largest absolute Gasteiger partial charge is 0.336 e. The van der Waals surface area contributed by atoms with Crippen molar-refractivity contribution >= 4 is 27.5 Å². The standard InChI is InChI=1S/C20H21N5O2S/c1-13-14(2)28-20-18(13)19(27)23-16(24-20)7-8-17(26)25(11-5-9-21)12-15-6-3-4-10-22-15/h3-4,6,10H,5,7-8,11-12H2,1-2H3,(H,23,24,27). The van der Waals surface area contributed by atoms with Gasteiger partial charge in [-0.15, -0.1) is 11.3 Å². The highest BCUT2D eigenvalue weighted by molar-refractivity contribution is 7.18. The third kappa shape index (κ3) is 4.43. The molecule has 1 amide bonds. The second kappa shape index (κ2) is 8.76. The quantitative estimate of drug-likeness (QED) is 0.663. The van der Waals surface area contributed by atoms with Crippen LogP contribution in [0.25, 0.3) is 10.2 Å². The molecule has 8 heteroatoms. The number of fused-ring (bicyclic) bond motifs is 1. The number of hydrogen-bond acceptors (Lipinski definition) is 6. The van der Waals surface area contributed by atoms with Gasteiger partial charge >= 0.3 is 0 Å². The van der Waals surface area contributed by atoms with Gasteiger partial charge in [0.1, 0.15) is 10.7 Å². The first-order valence-electron chi connectivity index (χ1n) is 9.03. The van der Waals surface area contributed by atoms with Gasteiger partial charge in [0.15, 0.2) is 0 Å². The number of nitriles is 1. The van der Waals surface area contributed by atoms with Crippen molar-refractivity contribution in [2.45, 2.75) is 39.7 Å². The van der Waals surface area contributed by atoms with Crippen LogP contribution in [0.1, 0.15) is 34.8 Å². The zero-order valence-corrected chi connectivity index (χ0v) is 16.7. The number of hydrogen-bond donors (Lipinski definition) is 1. The molecule has 7 nitrogen and oxygen atoms in total. The van der Waals surface area contributed by atoms with Crippen LogP contribution in [0.15, 0.2) is 29.2 Å². The van der Waals surface area contributed by atoms with E-state index in [1.807, 2.05) is 32.0 Å². The van der Waals surface area contributed by atoms with Crippen molar-refractivity contribution in [1.29, 1.82) is 5.26 Å². The molecular weight excluding hydrogens is 374 g/mol. The molecular formula is C20H21N5O2S. The van der Waals surface area contributed by atoms with Crippen LogP contribution in [-0.2, 0) is 17.8 Å². The van der Waals surface area contributed by atoms with E-state index in [1.54, 1.807) is 11.1 Å². The molecule has 0 atom stereocenters. The van der Waals surface area contributed by atoms with Crippen molar-refractivity contribution in [3.8, 4) is 6.07 Å². The summed E-state index contributed by atoms with van der Waals surface area (Å²) in [6.45, 7) is 4.58. The molecule has 3 rings (SSSR count). The lowest BCUT2D eigenvalue weighted by atomic mass is 10.2. The summed E-state index contributed by atoms with van der Waals surface area (Å²) in [6.07, 6.45) is 2.48. The molecule has 0 aliphatic carbocycles. The number of nitrogens with zero attached hydrogens (tertiary/aromatic N) is 4. The van der Waals surface area contributed by atoms with Crippen LogP contribution in [0.5, 0.6) is 0 Å². The molecule has 0 bridgehead atoms. The minimum absolute atomic E-state index is 0.0952. The lowest BCUT2D eigenvalue weighted by Gasteiger charge is -2.21. The van der Waals surface area contributed by atoms with Gasteiger partial charge in [-0.25, -0.2) is 4.98 Å². The maximum absolute atomic E-state index is 12.7. The third-order valence-corrected chi connectivity index (χ3v) is 5.69. The van der Waals surface area contributed by atoms with Crippen molar-refractivity contribution in [3.63, 3.8) is 0 Å². The van der Waals surface area contributed by atoms with E-state index in [1.165, 1.54) is 11.3 Å². The zero-order valence-electron chi connectivity index (χ0n) is 15.9. The molecule has 3 aromatic rings. The first kappa shape index (κ1) is 19.7. The highest BCUT2D eigenvalue weighted by Gasteiger charge is 2.16. The van der Waals surface area contributed by atoms with Gasteiger partial charge in [-0.1, -0.05) is 6.07 Å². The number of aryl methyl sites for hydroxylation is 3. The molecule has 0 radical (unpaired) electrons. The smallest absolute Gasteiger partial charge is 0.259 e.